The molecule has 0 bridgehead atoms. The average Bonchev–Trinajstić information content (AvgIpc) is 2.66. The number of carbonyl (C=O) groups is 1. The Balaban J connectivity index is 2.22. The maximum absolute atomic E-state index is 13.0. The smallest absolute Gasteiger partial charge is 0.198 e. The number of ketones is 1. The lowest BCUT2D eigenvalue weighted by molar-refractivity contribution is 0.0101. The second-order valence-electron chi connectivity index (χ2n) is 6.09. The van der Waals surface area contributed by atoms with Crippen molar-refractivity contribution in [3.63, 3.8) is 0 Å². The Bertz CT molecular complexity index is 647. The zero-order valence-corrected chi connectivity index (χ0v) is 15.1. The van der Waals surface area contributed by atoms with Gasteiger partial charge in [0.15, 0.2) is 11.4 Å². The molecule has 1 unspecified atom stereocenters. The second-order valence-corrected chi connectivity index (χ2v) is 6.09. The molecule has 0 aromatic heterocycles. The Labute approximate surface area is 145 Å². The summed E-state index contributed by atoms with van der Waals surface area (Å²) in [7, 11) is 1.58. The van der Waals surface area contributed by atoms with Gasteiger partial charge in [-0.1, -0.05) is 68.4 Å². The third kappa shape index (κ3) is 3.92. The molecule has 2 rings (SSSR count). The summed E-state index contributed by atoms with van der Waals surface area (Å²) < 4.78 is 5.61. The molecule has 3 nitrogen and oxygen atoms in total. The predicted molar refractivity (Wildman–Crippen MR) is 98.2 cm³/mol. The number of nitrogens with zero attached hydrogens (tertiary/aromatic N) is 1. The van der Waals surface area contributed by atoms with E-state index in [-0.39, 0.29) is 5.78 Å². The minimum atomic E-state index is -0.971. The topological polar surface area (TPSA) is 29.5 Å². The van der Waals surface area contributed by atoms with Gasteiger partial charge in [0.1, 0.15) is 0 Å². The summed E-state index contributed by atoms with van der Waals surface area (Å²) in [4.78, 5) is 15.4. The summed E-state index contributed by atoms with van der Waals surface area (Å²) in [6.45, 7) is 9.09. The third-order valence-electron chi connectivity index (χ3n) is 4.68. The molecule has 0 aliphatic rings. The van der Waals surface area contributed by atoms with E-state index in [4.69, 9.17) is 4.74 Å². The zero-order chi connectivity index (χ0) is 17.6. The summed E-state index contributed by atoms with van der Waals surface area (Å²) >= 11 is 0. The summed E-state index contributed by atoms with van der Waals surface area (Å²) in [6.07, 6.45) is 0. The van der Waals surface area contributed by atoms with E-state index in [0.717, 1.165) is 25.2 Å². The van der Waals surface area contributed by atoms with Gasteiger partial charge < -0.3 is 4.74 Å². The first-order valence-corrected chi connectivity index (χ1v) is 8.51. The van der Waals surface area contributed by atoms with Gasteiger partial charge >= 0.3 is 0 Å². The lowest BCUT2D eigenvalue weighted by Crippen LogP contribution is -2.34. The third-order valence-corrected chi connectivity index (χ3v) is 4.68. The molecule has 2 aromatic rings. The molecule has 2 aromatic carbocycles. The van der Waals surface area contributed by atoms with Crippen molar-refractivity contribution >= 4 is 5.78 Å². The van der Waals surface area contributed by atoms with Crippen molar-refractivity contribution in [2.45, 2.75) is 32.9 Å². The van der Waals surface area contributed by atoms with Gasteiger partial charge in [-0.15, -0.1) is 0 Å². The standard InChI is InChI=1S/C21H27NO2/c1-5-22(6-2)16-17-12-14-18(15-13-17)20(23)21(3,24-4)19-10-8-7-9-11-19/h7-15H,5-6,16H2,1-4H3. The van der Waals surface area contributed by atoms with E-state index in [1.54, 1.807) is 7.11 Å². The molecule has 0 radical (unpaired) electrons. The molecule has 0 spiro atoms. The number of methoxy groups -OCH3 is 1. The molecule has 128 valence electrons. The fourth-order valence-corrected chi connectivity index (χ4v) is 2.84. The van der Waals surface area contributed by atoms with Crippen LogP contribution in [0.3, 0.4) is 0 Å². The lowest BCUT2D eigenvalue weighted by Gasteiger charge is -2.27. The monoisotopic (exact) mass is 325 g/mol. The Morgan fingerprint density at radius 1 is 1.00 bits per heavy atom. The predicted octanol–water partition coefficient (Wildman–Crippen LogP) is 4.27. The molecule has 0 aliphatic carbocycles. The van der Waals surface area contributed by atoms with E-state index in [0.29, 0.717) is 5.56 Å². The Morgan fingerprint density at radius 3 is 2.08 bits per heavy atom. The van der Waals surface area contributed by atoms with Crippen LogP contribution < -0.4 is 0 Å². The van der Waals surface area contributed by atoms with E-state index < -0.39 is 5.60 Å². The first-order chi connectivity index (χ1) is 11.5. The molecule has 24 heavy (non-hydrogen) atoms. The highest BCUT2D eigenvalue weighted by molar-refractivity contribution is 6.02. The zero-order valence-electron chi connectivity index (χ0n) is 15.1. The minimum Gasteiger partial charge on any atom is -0.366 e. The number of hydrogen-bond donors (Lipinski definition) is 0. The first-order valence-electron chi connectivity index (χ1n) is 8.51. The van der Waals surface area contributed by atoms with Gasteiger partial charge in [-0.25, -0.2) is 0 Å². The van der Waals surface area contributed by atoms with Gasteiger partial charge in [0.25, 0.3) is 0 Å². The van der Waals surface area contributed by atoms with Gasteiger partial charge in [0, 0.05) is 19.2 Å². The normalized spacial score (nSPS) is 13.7. The molecule has 0 saturated heterocycles. The van der Waals surface area contributed by atoms with E-state index >= 15 is 0 Å². The Hall–Kier alpha value is -1.97. The molecule has 0 fully saturated rings. The summed E-state index contributed by atoms with van der Waals surface area (Å²) in [5.41, 5.74) is 1.78. The van der Waals surface area contributed by atoms with Crippen LogP contribution in [0.1, 0.15) is 42.3 Å². The molecule has 1 atom stereocenters. The molecule has 0 amide bonds. The van der Waals surface area contributed by atoms with Crippen molar-refractivity contribution in [1.82, 2.24) is 4.90 Å². The van der Waals surface area contributed by atoms with Crippen LogP contribution in [-0.4, -0.2) is 30.9 Å². The number of carbonyl (C=O) groups excluding carboxylic acids is 1. The highest BCUT2D eigenvalue weighted by Crippen LogP contribution is 2.29. The number of rotatable bonds is 8. The van der Waals surface area contributed by atoms with Crippen LogP contribution in [0.4, 0.5) is 0 Å². The summed E-state index contributed by atoms with van der Waals surface area (Å²) in [5.74, 6) is -0.0226. The van der Waals surface area contributed by atoms with Crippen molar-refractivity contribution in [3.8, 4) is 0 Å². The van der Waals surface area contributed by atoms with E-state index in [1.807, 2.05) is 61.5 Å². The summed E-state index contributed by atoms with van der Waals surface area (Å²) in [5, 5.41) is 0. The van der Waals surface area contributed by atoms with Crippen molar-refractivity contribution in [2.24, 2.45) is 0 Å². The number of hydrogen-bond acceptors (Lipinski definition) is 3. The minimum absolute atomic E-state index is 0.0226. The number of benzene rings is 2. The molecule has 0 heterocycles. The fraction of sp³-hybridized carbons (Fsp3) is 0.381. The van der Waals surface area contributed by atoms with E-state index in [1.165, 1.54) is 5.56 Å². The molecule has 0 aliphatic heterocycles. The Morgan fingerprint density at radius 2 is 1.58 bits per heavy atom. The molecule has 0 N–H and O–H groups in total. The van der Waals surface area contributed by atoms with Crippen LogP contribution in [0.5, 0.6) is 0 Å². The second kappa shape index (κ2) is 8.22. The quantitative estimate of drug-likeness (QED) is 0.679. The van der Waals surface area contributed by atoms with Crippen LogP contribution in [0.25, 0.3) is 0 Å². The van der Waals surface area contributed by atoms with Crippen LogP contribution in [0.15, 0.2) is 54.6 Å². The van der Waals surface area contributed by atoms with Crippen LogP contribution in [0.2, 0.25) is 0 Å². The molecule has 3 heteroatoms. The van der Waals surface area contributed by atoms with Crippen molar-refractivity contribution in [2.75, 3.05) is 20.2 Å². The lowest BCUT2D eigenvalue weighted by atomic mass is 9.87. The van der Waals surface area contributed by atoms with Gasteiger partial charge in [-0.3, -0.25) is 9.69 Å². The number of Topliss-reactive ketones (excluding diaryl/α,β-unsaturated/α-hetero) is 1. The van der Waals surface area contributed by atoms with Gasteiger partial charge in [0.2, 0.25) is 0 Å². The van der Waals surface area contributed by atoms with E-state index in [2.05, 4.69) is 18.7 Å². The highest BCUT2D eigenvalue weighted by atomic mass is 16.5. The SMILES string of the molecule is CCN(CC)Cc1ccc(C(=O)C(C)(OC)c2ccccc2)cc1. The average molecular weight is 325 g/mol. The maximum atomic E-state index is 13.0. The van der Waals surface area contributed by atoms with Crippen molar-refractivity contribution in [3.05, 3.63) is 71.3 Å². The summed E-state index contributed by atoms with van der Waals surface area (Å²) in [6, 6.07) is 17.5. The Kier molecular flexibility index (Phi) is 6.29. The first kappa shape index (κ1) is 18.4. The number of ether oxygens (including phenoxy) is 1. The fourth-order valence-electron chi connectivity index (χ4n) is 2.84. The van der Waals surface area contributed by atoms with Gasteiger partial charge in [0.05, 0.1) is 0 Å². The van der Waals surface area contributed by atoms with Crippen molar-refractivity contribution < 1.29 is 9.53 Å². The van der Waals surface area contributed by atoms with Crippen LogP contribution in [0, 0.1) is 0 Å². The molecular weight excluding hydrogens is 298 g/mol. The van der Waals surface area contributed by atoms with Gasteiger partial charge in [-0.2, -0.15) is 0 Å². The maximum Gasteiger partial charge on any atom is 0.198 e. The molecule has 0 saturated carbocycles. The van der Waals surface area contributed by atoms with Crippen LogP contribution >= 0.6 is 0 Å². The van der Waals surface area contributed by atoms with E-state index in [9.17, 15) is 4.79 Å². The van der Waals surface area contributed by atoms with Gasteiger partial charge in [-0.05, 0) is 31.1 Å². The highest BCUT2D eigenvalue weighted by Gasteiger charge is 2.35. The molecular formula is C21H27NO2. The van der Waals surface area contributed by atoms with Crippen molar-refractivity contribution in [1.29, 1.82) is 0 Å². The van der Waals surface area contributed by atoms with Crippen LogP contribution in [-0.2, 0) is 16.9 Å². The largest absolute Gasteiger partial charge is 0.366 e.